The van der Waals surface area contributed by atoms with E-state index in [0.717, 1.165) is 0 Å². The highest BCUT2D eigenvalue weighted by molar-refractivity contribution is 5.95. The van der Waals surface area contributed by atoms with Crippen LogP contribution in [0.15, 0.2) is 24.3 Å². The number of nitrogens with zero attached hydrogens (tertiary/aromatic N) is 1. The van der Waals surface area contributed by atoms with E-state index < -0.39 is 35.7 Å². The van der Waals surface area contributed by atoms with Gasteiger partial charge in [0.2, 0.25) is 0 Å². The summed E-state index contributed by atoms with van der Waals surface area (Å²) in [6.07, 6.45) is -0.407. The normalized spacial score (nSPS) is 17.4. The minimum absolute atomic E-state index is 0.418. The summed E-state index contributed by atoms with van der Waals surface area (Å²) in [6, 6.07) is 6.16. The van der Waals surface area contributed by atoms with Gasteiger partial charge < -0.3 is 19.5 Å². The predicted molar refractivity (Wildman–Crippen MR) is 108 cm³/mol. The minimum Gasteiger partial charge on any atom is -0.494 e. The quantitative estimate of drug-likeness (QED) is 0.728. The molecule has 0 aliphatic carbocycles. The van der Waals surface area contributed by atoms with Crippen molar-refractivity contribution in [2.24, 2.45) is 0 Å². The molecule has 0 saturated carbocycles. The highest BCUT2D eigenvalue weighted by Gasteiger charge is 2.38. The number of hydrogen-bond acceptors (Lipinski definition) is 6. The number of rotatable bonds is 6. The van der Waals surface area contributed by atoms with Crippen molar-refractivity contribution in [3.63, 3.8) is 0 Å². The average Bonchev–Trinajstić information content (AvgIpc) is 3.12. The van der Waals surface area contributed by atoms with E-state index in [2.05, 4.69) is 5.32 Å². The van der Waals surface area contributed by atoms with Crippen molar-refractivity contribution in [3.8, 4) is 5.75 Å². The van der Waals surface area contributed by atoms with Gasteiger partial charge in [-0.2, -0.15) is 0 Å². The molecule has 2 amide bonds. The van der Waals surface area contributed by atoms with Gasteiger partial charge in [-0.3, -0.25) is 9.69 Å². The van der Waals surface area contributed by atoms with E-state index in [9.17, 15) is 14.4 Å². The molecule has 0 spiro atoms. The second-order valence-corrected chi connectivity index (χ2v) is 7.86. The van der Waals surface area contributed by atoms with Gasteiger partial charge in [0.25, 0.3) is 5.91 Å². The number of carbonyl (C=O) groups excluding carboxylic acids is 3. The Hall–Kier alpha value is -2.77. The SMILES string of the molecule is CCOc1ccc(NC(=O)[C@H](C)OC(=O)[C@@H]2CCCN2C(=O)OC(C)(C)C)cc1. The molecule has 1 aromatic rings. The summed E-state index contributed by atoms with van der Waals surface area (Å²) in [5, 5.41) is 2.70. The number of anilines is 1. The molecule has 8 heteroatoms. The summed E-state index contributed by atoms with van der Waals surface area (Å²) in [5.74, 6) is -0.361. The van der Waals surface area contributed by atoms with Gasteiger partial charge in [-0.15, -0.1) is 0 Å². The Morgan fingerprint density at radius 3 is 2.45 bits per heavy atom. The number of benzene rings is 1. The van der Waals surface area contributed by atoms with E-state index in [0.29, 0.717) is 37.4 Å². The van der Waals surface area contributed by atoms with Crippen molar-refractivity contribution >= 4 is 23.7 Å². The van der Waals surface area contributed by atoms with E-state index in [1.54, 1.807) is 45.0 Å². The second-order valence-electron chi connectivity index (χ2n) is 7.86. The topological polar surface area (TPSA) is 94.2 Å². The lowest BCUT2D eigenvalue weighted by Crippen LogP contribution is -2.45. The molecule has 1 heterocycles. The fraction of sp³-hybridized carbons (Fsp3) is 0.571. The van der Waals surface area contributed by atoms with Crippen LogP contribution in [0.4, 0.5) is 10.5 Å². The Bertz CT molecular complexity index is 726. The monoisotopic (exact) mass is 406 g/mol. The van der Waals surface area contributed by atoms with E-state index >= 15 is 0 Å². The van der Waals surface area contributed by atoms with Gasteiger partial charge in [0.15, 0.2) is 6.10 Å². The van der Waals surface area contributed by atoms with Crippen LogP contribution in [0.25, 0.3) is 0 Å². The van der Waals surface area contributed by atoms with Gasteiger partial charge in [-0.05, 0) is 71.7 Å². The van der Waals surface area contributed by atoms with Crippen molar-refractivity contribution in [3.05, 3.63) is 24.3 Å². The zero-order valence-electron chi connectivity index (χ0n) is 17.7. The highest BCUT2D eigenvalue weighted by Crippen LogP contribution is 2.22. The molecule has 160 valence electrons. The van der Waals surface area contributed by atoms with Crippen LogP contribution < -0.4 is 10.1 Å². The summed E-state index contributed by atoms with van der Waals surface area (Å²) in [5.41, 5.74) is -0.0865. The van der Waals surface area contributed by atoms with Crippen LogP contribution in [-0.2, 0) is 19.1 Å². The maximum absolute atomic E-state index is 12.5. The summed E-state index contributed by atoms with van der Waals surface area (Å²) in [7, 11) is 0. The Morgan fingerprint density at radius 1 is 1.21 bits per heavy atom. The van der Waals surface area contributed by atoms with Crippen molar-refractivity contribution < 1.29 is 28.6 Å². The first-order valence-corrected chi connectivity index (χ1v) is 9.84. The lowest BCUT2D eigenvalue weighted by Gasteiger charge is -2.28. The number of esters is 1. The van der Waals surface area contributed by atoms with Gasteiger partial charge in [0, 0.05) is 12.2 Å². The third-order valence-corrected chi connectivity index (χ3v) is 4.25. The van der Waals surface area contributed by atoms with E-state index in [1.165, 1.54) is 11.8 Å². The van der Waals surface area contributed by atoms with Crippen molar-refractivity contribution in [2.75, 3.05) is 18.5 Å². The number of likely N-dealkylation sites (tertiary alicyclic amines) is 1. The number of amides is 2. The van der Waals surface area contributed by atoms with Crippen molar-refractivity contribution in [2.45, 2.75) is 65.2 Å². The number of nitrogens with one attached hydrogen (secondary N) is 1. The Kier molecular flexibility index (Phi) is 7.47. The number of ether oxygens (including phenoxy) is 3. The molecule has 2 atom stereocenters. The van der Waals surface area contributed by atoms with Crippen LogP contribution >= 0.6 is 0 Å². The molecule has 29 heavy (non-hydrogen) atoms. The molecule has 1 saturated heterocycles. The first kappa shape index (κ1) is 22.5. The largest absolute Gasteiger partial charge is 0.494 e. The number of carbonyl (C=O) groups is 3. The molecular weight excluding hydrogens is 376 g/mol. The lowest BCUT2D eigenvalue weighted by molar-refractivity contribution is -0.157. The van der Waals surface area contributed by atoms with Gasteiger partial charge in [0.05, 0.1) is 6.61 Å². The van der Waals surface area contributed by atoms with Gasteiger partial charge in [-0.1, -0.05) is 0 Å². The van der Waals surface area contributed by atoms with Gasteiger partial charge in [0.1, 0.15) is 17.4 Å². The third kappa shape index (κ3) is 6.66. The smallest absolute Gasteiger partial charge is 0.411 e. The molecule has 0 radical (unpaired) electrons. The Labute approximate surface area is 171 Å². The molecule has 0 bridgehead atoms. The Balaban J connectivity index is 1.91. The number of hydrogen-bond donors (Lipinski definition) is 1. The predicted octanol–water partition coefficient (Wildman–Crippen LogP) is 3.36. The Morgan fingerprint density at radius 2 is 1.86 bits per heavy atom. The maximum Gasteiger partial charge on any atom is 0.411 e. The first-order valence-electron chi connectivity index (χ1n) is 9.84. The molecule has 0 aromatic heterocycles. The van der Waals surface area contributed by atoms with Crippen LogP contribution in [0.1, 0.15) is 47.5 Å². The van der Waals surface area contributed by atoms with Crippen molar-refractivity contribution in [1.29, 1.82) is 0 Å². The summed E-state index contributed by atoms with van der Waals surface area (Å²) < 4.78 is 16.0. The third-order valence-electron chi connectivity index (χ3n) is 4.25. The van der Waals surface area contributed by atoms with E-state index in [4.69, 9.17) is 14.2 Å². The van der Waals surface area contributed by atoms with Crippen LogP contribution in [0, 0.1) is 0 Å². The lowest BCUT2D eigenvalue weighted by atomic mass is 10.2. The highest BCUT2D eigenvalue weighted by atomic mass is 16.6. The summed E-state index contributed by atoms with van der Waals surface area (Å²) >= 11 is 0. The molecule has 1 aliphatic rings. The van der Waals surface area contributed by atoms with Crippen LogP contribution in [0.5, 0.6) is 5.75 Å². The average molecular weight is 406 g/mol. The van der Waals surface area contributed by atoms with Crippen LogP contribution in [0.2, 0.25) is 0 Å². The van der Waals surface area contributed by atoms with Crippen LogP contribution in [0.3, 0.4) is 0 Å². The van der Waals surface area contributed by atoms with Crippen LogP contribution in [-0.4, -0.2) is 53.8 Å². The standard InChI is InChI=1S/C21H30N2O6/c1-6-27-16-11-9-15(10-12-16)22-18(24)14(2)28-19(25)17-8-7-13-23(17)20(26)29-21(3,4)5/h9-12,14,17H,6-8,13H2,1-5H3,(H,22,24)/t14-,17-/m0/s1. The van der Waals surface area contributed by atoms with Crippen molar-refractivity contribution in [1.82, 2.24) is 4.90 Å². The fourth-order valence-corrected chi connectivity index (χ4v) is 2.90. The summed E-state index contributed by atoms with van der Waals surface area (Å²) in [4.78, 5) is 38.6. The zero-order chi connectivity index (χ0) is 21.6. The van der Waals surface area contributed by atoms with E-state index in [-0.39, 0.29) is 0 Å². The zero-order valence-corrected chi connectivity index (χ0v) is 17.7. The molecule has 1 fully saturated rings. The molecular formula is C21H30N2O6. The molecule has 1 aromatic carbocycles. The molecule has 2 rings (SSSR count). The van der Waals surface area contributed by atoms with Gasteiger partial charge in [-0.25, -0.2) is 9.59 Å². The minimum atomic E-state index is -1.00. The summed E-state index contributed by atoms with van der Waals surface area (Å²) in [6.45, 7) is 9.65. The fourth-order valence-electron chi connectivity index (χ4n) is 2.90. The maximum atomic E-state index is 12.5. The molecule has 1 aliphatic heterocycles. The molecule has 0 unspecified atom stereocenters. The first-order chi connectivity index (χ1) is 13.6. The molecule has 1 N–H and O–H groups in total. The van der Waals surface area contributed by atoms with Gasteiger partial charge >= 0.3 is 12.1 Å². The van der Waals surface area contributed by atoms with E-state index in [1.807, 2.05) is 6.92 Å². The molecule has 8 nitrogen and oxygen atoms in total. The second kappa shape index (κ2) is 9.62.